The van der Waals surface area contributed by atoms with Gasteiger partial charge in [0.2, 0.25) is 5.91 Å². The Morgan fingerprint density at radius 3 is 2.60 bits per heavy atom. The molecule has 84 valence electrons. The summed E-state index contributed by atoms with van der Waals surface area (Å²) in [4.78, 5) is 21.4. The number of aliphatic carboxylic acids is 1. The van der Waals surface area contributed by atoms with Crippen LogP contribution in [0.4, 0.5) is 0 Å². The zero-order valence-corrected chi connectivity index (χ0v) is 8.82. The molecule has 0 aromatic carbocycles. The Morgan fingerprint density at radius 1 is 1.47 bits per heavy atom. The zero-order chi connectivity index (χ0) is 11.5. The van der Waals surface area contributed by atoms with Crippen molar-refractivity contribution in [3.05, 3.63) is 12.2 Å². The van der Waals surface area contributed by atoms with Crippen molar-refractivity contribution in [2.75, 3.05) is 6.61 Å². The van der Waals surface area contributed by atoms with Crippen LogP contribution in [0.5, 0.6) is 0 Å². The Labute approximate surface area is 88.1 Å². The molecule has 1 unspecified atom stereocenters. The highest BCUT2D eigenvalue weighted by Crippen LogP contribution is 2.24. The molecule has 0 radical (unpaired) electrons. The van der Waals surface area contributed by atoms with E-state index in [1.165, 1.54) is 0 Å². The summed E-state index contributed by atoms with van der Waals surface area (Å²) in [5.74, 6) is -1.53. The molecule has 1 fully saturated rings. The molecular formula is C10H15NO4. The molecule has 1 rings (SSSR count). The van der Waals surface area contributed by atoms with Gasteiger partial charge in [-0.1, -0.05) is 0 Å². The first kappa shape index (κ1) is 11.7. The van der Waals surface area contributed by atoms with Crippen LogP contribution in [-0.2, 0) is 14.3 Å². The van der Waals surface area contributed by atoms with Crippen LogP contribution in [0.1, 0.15) is 20.3 Å². The van der Waals surface area contributed by atoms with Crippen LogP contribution < -0.4 is 5.32 Å². The molecule has 15 heavy (non-hydrogen) atoms. The number of amides is 1. The van der Waals surface area contributed by atoms with Gasteiger partial charge in [0.15, 0.2) is 0 Å². The van der Waals surface area contributed by atoms with E-state index in [0.717, 1.165) is 18.6 Å². The Hall–Kier alpha value is -1.36. The summed E-state index contributed by atoms with van der Waals surface area (Å²) in [6, 6.07) is -0.0362. The molecule has 1 aliphatic rings. The molecule has 0 aromatic rings. The van der Waals surface area contributed by atoms with Crippen LogP contribution in [0, 0.1) is 0 Å². The first-order valence-electron chi connectivity index (χ1n) is 4.74. The zero-order valence-electron chi connectivity index (χ0n) is 8.82. The van der Waals surface area contributed by atoms with Crippen molar-refractivity contribution in [1.29, 1.82) is 0 Å². The van der Waals surface area contributed by atoms with Crippen LogP contribution in [0.2, 0.25) is 0 Å². The second-order valence-electron chi connectivity index (χ2n) is 4.15. The van der Waals surface area contributed by atoms with Crippen molar-refractivity contribution in [2.45, 2.75) is 31.9 Å². The minimum absolute atomic E-state index is 0.0362. The van der Waals surface area contributed by atoms with Gasteiger partial charge in [0, 0.05) is 12.2 Å². The second-order valence-corrected chi connectivity index (χ2v) is 4.15. The molecule has 0 saturated carbocycles. The number of hydrogen-bond acceptors (Lipinski definition) is 3. The van der Waals surface area contributed by atoms with E-state index in [9.17, 15) is 9.59 Å². The van der Waals surface area contributed by atoms with Crippen LogP contribution in [0.15, 0.2) is 12.2 Å². The molecule has 0 bridgehead atoms. The highest BCUT2D eigenvalue weighted by Gasteiger charge is 2.32. The molecule has 0 aromatic heterocycles. The molecule has 1 heterocycles. The van der Waals surface area contributed by atoms with Gasteiger partial charge in [-0.2, -0.15) is 0 Å². The van der Waals surface area contributed by atoms with E-state index in [2.05, 4.69) is 5.32 Å². The predicted octanol–water partition coefficient (Wildman–Crippen LogP) is 0.311. The highest BCUT2D eigenvalue weighted by atomic mass is 16.5. The molecule has 1 saturated heterocycles. The summed E-state index contributed by atoms with van der Waals surface area (Å²) >= 11 is 0. The Bertz CT molecular complexity index is 296. The van der Waals surface area contributed by atoms with Crippen LogP contribution >= 0.6 is 0 Å². The maximum Gasteiger partial charge on any atom is 0.328 e. The van der Waals surface area contributed by atoms with Gasteiger partial charge in [-0.05, 0) is 20.3 Å². The van der Waals surface area contributed by atoms with Crippen molar-refractivity contribution in [3.8, 4) is 0 Å². The van der Waals surface area contributed by atoms with E-state index in [0.29, 0.717) is 6.61 Å². The van der Waals surface area contributed by atoms with Gasteiger partial charge in [-0.15, -0.1) is 0 Å². The molecule has 1 atom stereocenters. The lowest BCUT2D eigenvalue weighted by Crippen LogP contribution is -2.34. The standard InChI is InChI=1S/C10H15NO4/c1-10(2)5-7(6-15-10)11-8(12)3-4-9(13)14/h3-4,7H,5-6H2,1-2H3,(H,11,12)(H,13,14)/b4-3-. The minimum atomic E-state index is -1.13. The van der Waals surface area contributed by atoms with E-state index in [1.807, 2.05) is 13.8 Å². The van der Waals surface area contributed by atoms with Crippen LogP contribution in [0.3, 0.4) is 0 Å². The summed E-state index contributed by atoms with van der Waals surface area (Å²) in [7, 11) is 0. The van der Waals surface area contributed by atoms with Gasteiger partial charge in [0.25, 0.3) is 0 Å². The number of ether oxygens (including phenoxy) is 1. The third-order valence-electron chi connectivity index (χ3n) is 2.14. The van der Waals surface area contributed by atoms with E-state index in [-0.39, 0.29) is 11.6 Å². The summed E-state index contributed by atoms with van der Waals surface area (Å²) in [5, 5.41) is 11.0. The van der Waals surface area contributed by atoms with E-state index < -0.39 is 11.9 Å². The van der Waals surface area contributed by atoms with Gasteiger partial charge >= 0.3 is 5.97 Å². The Kier molecular flexibility index (Phi) is 3.47. The van der Waals surface area contributed by atoms with Crippen molar-refractivity contribution >= 4 is 11.9 Å². The summed E-state index contributed by atoms with van der Waals surface area (Å²) in [5.41, 5.74) is -0.214. The highest BCUT2D eigenvalue weighted by molar-refractivity contribution is 5.94. The smallest absolute Gasteiger partial charge is 0.328 e. The average Bonchev–Trinajstić information content (AvgIpc) is 2.42. The third-order valence-corrected chi connectivity index (χ3v) is 2.14. The number of hydrogen-bond donors (Lipinski definition) is 2. The number of rotatable bonds is 3. The fraction of sp³-hybridized carbons (Fsp3) is 0.600. The fourth-order valence-corrected chi connectivity index (χ4v) is 1.53. The molecule has 0 aliphatic carbocycles. The Morgan fingerprint density at radius 2 is 2.13 bits per heavy atom. The number of carbonyl (C=O) groups is 2. The van der Waals surface area contributed by atoms with Crippen LogP contribution in [0.25, 0.3) is 0 Å². The Balaban J connectivity index is 2.37. The largest absolute Gasteiger partial charge is 0.478 e. The molecule has 2 N–H and O–H groups in total. The molecule has 1 amide bonds. The quantitative estimate of drug-likeness (QED) is 0.661. The van der Waals surface area contributed by atoms with Gasteiger partial charge in [0.05, 0.1) is 18.2 Å². The number of carboxylic acid groups (broad SMARTS) is 1. The molecule has 0 spiro atoms. The summed E-state index contributed by atoms with van der Waals surface area (Å²) in [6.45, 7) is 4.37. The van der Waals surface area contributed by atoms with Gasteiger partial charge < -0.3 is 15.2 Å². The first-order chi connectivity index (χ1) is 6.89. The SMILES string of the molecule is CC1(C)CC(NC(=O)/C=C\C(=O)O)CO1. The summed E-state index contributed by atoms with van der Waals surface area (Å²) in [6.07, 6.45) is 2.56. The van der Waals surface area contributed by atoms with Gasteiger partial charge in [0.1, 0.15) is 0 Å². The molecule has 5 heteroatoms. The maximum absolute atomic E-state index is 11.2. The molecular weight excluding hydrogens is 198 g/mol. The predicted molar refractivity (Wildman–Crippen MR) is 53.4 cm³/mol. The lowest BCUT2D eigenvalue weighted by Gasteiger charge is -2.15. The van der Waals surface area contributed by atoms with Crippen molar-refractivity contribution in [1.82, 2.24) is 5.32 Å². The topological polar surface area (TPSA) is 75.6 Å². The second kappa shape index (κ2) is 4.44. The first-order valence-corrected chi connectivity index (χ1v) is 4.74. The number of carbonyl (C=O) groups excluding carboxylic acids is 1. The average molecular weight is 213 g/mol. The fourth-order valence-electron chi connectivity index (χ4n) is 1.53. The van der Waals surface area contributed by atoms with Crippen molar-refractivity contribution in [2.24, 2.45) is 0 Å². The normalized spacial score (nSPS) is 24.3. The number of nitrogens with one attached hydrogen (secondary N) is 1. The van der Waals surface area contributed by atoms with E-state index >= 15 is 0 Å². The van der Waals surface area contributed by atoms with E-state index in [1.54, 1.807) is 0 Å². The monoisotopic (exact) mass is 213 g/mol. The summed E-state index contributed by atoms with van der Waals surface area (Å²) < 4.78 is 5.42. The van der Waals surface area contributed by atoms with Crippen LogP contribution in [-0.4, -0.2) is 35.2 Å². The number of carboxylic acids is 1. The van der Waals surface area contributed by atoms with Gasteiger partial charge in [-0.25, -0.2) is 4.79 Å². The van der Waals surface area contributed by atoms with Gasteiger partial charge in [-0.3, -0.25) is 4.79 Å². The van der Waals surface area contributed by atoms with Crippen molar-refractivity contribution < 1.29 is 19.4 Å². The maximum atomic E-state index is 11.2. The van der Waals surface area contributed by atoms with Crippen molar-refractivity contribution in [3.63, 3.8) is 0 Å². The third kappa shape index (κ3) is 4.12. The molecule has 1 aliphatic heterocycles. The molecule has 5 nitrogen and oxygen atoms in total. The minimum Gasteiger partial charge on any atom is -0.478 e. The lowest BCUT2D eigenvalue weighted by atomic mass is 10.0. The van der Waals surface area contributed by atoms with E-state index in [4.69, 9.17) is 9.84 Å². The lowest BCUT2D eigenvalue weighted by molar-refractivity contribution is -0.131.